The molecule has 1 saturated heterocycles. The fourth-order valence-corrected chi connectivity index (χ4v) is 2.80. The molecule has 1 heterocycles. The van der Waals surface area contributed by atoms with Gasteiger partial charge < -0.3 is 20.1 Å². The van der Waals surface area contributed by atoms with Crippen molar-refractivity contribution in [1.29, 1.82) is 0 Å². The number of hydrogen-bond donors (Lipinski definition) is 2. The molecule has 2 amide bonds. The SMILES string of the molecule is CC(C)C(C(=O)O)N1CC[C@@H](NC(=O)OCc2ccccc2)C1=O. The van der Waals surface area contributed by atoms with Crippen molar-refractivity contribution in [3.63, 3.8) is 0 Å². The summed E-state index contributed by atoms with van der Waals surface area (Å²) in [5.41, 5.74) is 0.845. The molecule has 2 rings (SSSR count). The Morgan fingerprint density at radius 3 is 2.58 bits per heavy atom. The molecule has 1 aromatic carbocycles. The van der Waals surface area contributed by atoms with E-state index in [1.54, 1.807) is 13.8 Å². The Balaban J connectivity index is 1.88. The van der Waals surface area contributed by atoms with Gasteiger partial charge in [-0.15, -0.1) is 0 Å². The minimum absolute atomic E-state index is 0.112. The van der Waals surface area contributed by atoms with Gasteiger partial charge in [0.1, 0.15) is 18.7 Å². The fourth-order valence-electron chi connectivity index (χ4n) is 2.80. The molecule has 0 bridgehead atoms. The van der Waals surface area contributed by atoms with Gasteiger partial charge in [0.25, 0.3) is 0 Å². The maximum absolute atomic E-state index is 12.4. The molecule has 7 nitrogen and oxygen atoms in total. The van der Waals surface area contributed by atoms with Gasteiger partial charge in [0.15, 0.2) is 0 Å². The van der Waals surface area contributed by atoms with Gasteiger partial charge in [-0.3, -0.25) is 4.79 Å². The first-order chi connectivity index (χ1) is 11.4. The van der Waals surface area contributed by atoms with Gasteiger partial charge in [-0.2, -0.15) is 0 Å². The van der Waals surface area contributed by atoms with Crippen LogP contribution in [0, 0.1) is 5.92 Å². The molecule has 2 N–H and O–H groups in total. The van der Waals surface area contributed by atoms with Crippen molar-refractivity contribution >= 4 is 18.0 Å². The summed E-state index contributed by atoms with van der Waals surface area (Å²) >= 11 is 0. The zero-order chi connectivity index (χ0) is 17.7. The Morgan fingerprint density at radius 1 is 1.33 bits per heavy atom. The molecule has 1 aliphatic heterocycles. The summed E-state index contributed by atoms with van der Waals surface area (Å²) in [7, 11) is 0. The molecule has 2 atom stereocenters. The third-order valence-electron chi connectivity index (χ3n) is 3.96. The number of carboxylic acids is 1. The summed E-state index contributed by atoms with van der Waals surface area (Å²) < 4.78 is 5.09. The van der Waals surface area contributed by atoms with E-state index in [-0.39, 0.29) is 18.4 Å². The molecule has 1 aliphatic rings. The number of hydrogen-bond acceptors (Lipinski definition) is 4. The van der Waals surface area contributed by atoms with Crippen LogP contribution in [0.15, 0.2) is 30.3 Å². The number of nitrogens with zero attached hydrogens (tertiary/aromatic N) is 1. The van der Waals surface area contributed by atoms with Gasteiger partial charge >= 0.3 is 12.1 Å². The van der Waals surface area contributed by atoms with Crippen molar-refractivity contribution in [2.24, 2.45) is 5.92 Å². The largest absolute Gasteiger partial charge is 0.480 e. The number of benzene rings is 1. The number of nitrogens with one attached hydrogen (secondary N) is 1. The van der Waals surface area contributed by atoms with E-state index in [1.165, 1.54) is 4.90 Å². The Labute approximate surface area is 140 Å². The van der Waals surface area contributed by atoms with Crippen LogP contribution in [0.5, 0.6) is 0 Å². The molecule has 0 spiro atoms. The van der Waals surface area contributed by atoms with E-state index < -0.39 is 24.1 Å². The van der Waals surface area contributed by atoms with Gasteiger partial charge in [-0.05, 0) is 17.9 Å². The van der Waals surface area contributed by atoms with Crippen LogP contribution in [0.3, 0.4) is 0 Å². The lowest BCUT2D eigenvalue weighted by atomic mass is 10.0. The number of rotatable bonds is 6. The second-order valence-corrected chi connectivity index (χ2v) is 6.11. The van der Waals surface area contributed by atoms with Crippen LogP contribution in [0.25, 0.3) is 0 Å². The maximum atomic E-state index is 12.4. The Kier molecular flexibility index (Phi) is 5.78. The first kappa shape index (κ1) is 17.8. The summed E-state index contributed by atoms with van der Waals surface area (Å²) in [6, 6.07) is 7.58. The van der Waals surface area contributed by atoms with Crippen LogP contribution in [-0.4, -0.2) is 46.6 Å². The van der Waals surface area contributed by atoms with Crippen molar-refractivity contribution in [1.82, 2.24) is 10.2 Å². The fraction of sp³-hybridized carbons (Fsp3) is 0.471. The normalized spacial score (nSPS) is 18.5. The van der Waals surface area contributed by atoms with Crippen molar-refractivity contribution in [2.75, 3.05) is 6.54 Å². The van der Waals surface area contributed by atoms with E-state index in [0.717, 1.165) is 5.56 Å². The minimum atomic E-state index is -1.04. The predicted molar refractivity (Wildman–Crippen MR) is 86.1 cm³/mol. The number of aliphatic carboxylic acids is 1. The number of carbonyl (C=O) groups is 3. The molecule has 0 saturated carbocycles. The Morgan fingerprint density at radius 2 is 2.00 bits per heavy atom. The highest BCUT2D eigenvalue weighted by Crippen LogP contribution is 2.20. The van der Waals surface area contributed by atoms with Crippen LogP contribution < -0.4 is 5.32 Å². The number of carbonyl (C=O) groups excluding carboxylic acids is 2. The number of amides is 2. The van der Waals surface area contributed by atoms with Crippen LogP contribution in [0.2, 0.25) is 0 Å². The summed E-state index contributed by atoms with van der Waals surface area (Å²) in [5, 5.41) is 11.8. The average molecular weight is 334 g/mol. The highest BCUT2D eigenvalue weighted by atomic mass is 16.5. The van der Waals surface area contributed by atoms with Crippen molar-refractivity contribution in [3.8, 4) is 0 Å². The molecule has 24 heavy (non-hydrogen) atoms. The smallest absolute Gasteiger partial charge is 0.408 e. The molecule has 7 heteroatoms. The second-order valence-electron chi connectivity index (χ2n) is 6.11. The van der Waals surface area contributed by atoms with Gasteiger partial charge in [-0.1, -0.05) is 44.2 Å². The molecule has 0 aliphatic carbocycles. The van der Waals surface area contributed by atoms with Crippen LogP contribution >= 0.6 is 0 Å². The first-order valence-corrected chi connectivity index (χ1v) is 7.90. The molecule has 0 aromatic heterocycles. The third-order valence-corrected chi connectivity index (χ3v) is 3.96. The van der Waals surface area contributed by atoms with E-state index >= 15 is 0 Å². The molecule has 1 unspecified atom stereocenters. The number of carboxylic acid groups (broad SMARTS) is 1. The molecular formula is C17H22N2O5. The highest BCUT2D eigenvalue weighted by molar-refractivity contribution is 5.91. The molecule has 130 valence electrons. The van der Waals surface area contributed by atoms with E-state index in [1.807, 2.05) is 30.3 Å². The van der Waals surface area contributed by atoms with Gasteiger partial charge in [0, 0.05) is 6.54 Å². The average Bonchev–Trinajstić information content (AvgIpc) is 2.87. The quantitative estimate of drug-likeness (QED) is 0.824. The van der Waals surface area contributed by atoms with E-state index in [0.29, 0.717) is 13.0 Å². The van der Waals surface area contributed by atoms with Crippen LogP contribution in [0.4, 0.5) is 4.79 Å². The summed E-state index contributed by atoms with van der Waals surface area (Å²) in [5.74, 6) is -1.63. The highest BCUT2D eigenvalue weighted by Gasteiger charge is 2.41. The lowest BCUT2D eigenvalue weighted by Crippen LogP contribution is -2.49. The molecule has 1 fully saturated rings. The number of likely N-dealkylation sites (tertiary alicyclic amines) is 1. The zero-order valence-electron chi connectivity index (χ0n) is 13.8. The first-order valence-electron chi connectivity index (χ1n) is 7.90. The zero-order valence-corrected chi connectivity index (χ0v) is 13.8. The summed E-state index contributed by atoms with van der Waals surface area (Å²) in [4.78, 5) is 36.9. The number of alkyl carbamates (subject to hydrolysis) is 1. The maximum Gasteiger partial charge on any atom is 0.408 e. The predicted octanol–water partition coefficient (Wildman–Crippen LogP) is 1.62. The third kappa shape index (κ3) is 4.24. The molecule has 0 radical (unpaired) electrons. The van der Waals surface area contributed by atoms with Gasteiger partial charge in [0.2, 0.25) is 5.91 Å². The minimum Gasteiger partial charge on any atom is -0.480 e. The lowest BCUT2D eigenvalue weighted by Gasteiger charge is -2.27. The van der Waals surface area contributed by atoms with Crippen LogP contribution in [0.1, 0.15) is 25.8 Å². The monoisotopic (exact) mass is 334 g/mol. The molecular weight excluding hydrogens is 312 g/mol. The summed E-state index contributed by atoms with van der Waals surface area (Å²) in [6.07, 6.45) is -0.314. The lowest BCUT2D eigenvalue weighted by molar-refractivity contribution is -0.150. The van der Waals surface area contributed by atoms with E-state index in [9.17, 15) is 19.5 Å². The summed E-state index contributed by atoms with van der Waals surface area (Å²) in [6.45, 7) is 3.92. The van der Waals surface area contributed by atoms with E-state index in [4.69, 9.17) is 4.74 Å². The standard InChI is InChI=1S/C17H22N2O5/c1-11(2)14(16(21)22)19-9-8-13(15(19)20)18-17(23)24-10-12-6-4-3-5-7-12/h3-7,11,13-14H,8-10H2,1-2H3,(H,18,23)(H,21,22)/t13-,14?/m1/s1. The van der Waals surface area contributed by atoms with Gasteiger partial charge in [0.05, 0.1) is 0 Å². The van der Waals surface area contributed by atoms with Crippen molar-refractivity contribution < 1.29 is 24.2 Å². The van der Waals surface area contributed by atoms with Crippen molar-refractivity contribution in [2.45, 2.75) is 39.0 Å². The second kappa shape index (κ2) is 7.81. The van der Waals surface area contributed by atoms with Gasteiger partial charge in [-0.25, -0.2) is 9.59 Å². The van der Waals surface area contributed by atoms with Crippen molar-refractivity contribution in [3.05, 3.63) is 35.9 Å². The topological polar surface area (TPSA) is 95.9 Å². The van der Waals surface area contributed by atoms with Crippen LogP contribution in [-0.2, 0) is 20.9 Å². The Hall–Kier alpha value is -2.57. The molecule has 1 aromatic rings. The van der Waals surface area contributed by atoms with E-state index in [2.05, 4.69) is 5.32 Å². The Bertz CT molecular complexity index is 602. The number of ether oxygens (including phenoxy) is 1.